The zero-order valence-electron chi connectivity index (χ0n) is 13.5. The SMILES string of the molecule is O=C(O)C1CCC(C(=O)Nc2ccccc2N2CCCC2=O)CC1. The molecule has 1 aromatic rings. The summed E-state index contributed by atoms with van der Waals surface area (Å²) in [5.41, 5.74) is 1.39. The van der Waals surface area contributed by atoms with Crippen molar-refractivity contribution in [3.05, 3.63) is 24.3 Å². The normalized spacial score (nSPS) is 24.0. The molecule has 1 aliphatic carbocycles. The molecule has 6 heteroatoms. The number of amides is 2. The minimum absolute atomic E-state index is 0.0821. The number of nitrogens with one attached hydrogen (secondary N) is 1. The maximum atomic E-state index is 12.5. The van der Waals surface area contributed by atoms with Gasteiger partial charge in [0.25, 0.3) is 0 Å². The first-order valence-electron chi connectivity index (χ1n) is 8.49. The number of carbonyl (C=O) groups is 3. The quantitative estimate of drug-likeness (QED) is 0.888. The zero-order chi connectivity index (χ0) is 17.1. The Labute approximate surface area is 140 Å². The molecular formula is C18H22N2O4. The van der Waals surface area contributed by atoms with E-state index in [2.05, 4.69) is 5.32 Å². The second-order valence-electron chi connectivity index (χ2n) is 6.54. The van der Waals surface area contributed by atoms with E-state index in [1.165, 1.54) is 0 Å². The molecule has 0 unspecified atom stereocenters. The van der Waals surface area contributed by atoms with E-state index in [0.717, 1.165) is 12.1 Å². The number of benzene rings is 1. The summed E-state index contributed by atoms with van der Waals surface area (Å²) in [6.07, 6.45) is 3.64. The number of nitrogens with zero attached hydrogens (tertiary/aromatic N) is 1. The third kappa shape index (κ3) is 3.42. The molecule has 24 heavy (non-hydrogen) atoms. The summed E-state index contributed by atoms with van der Waals surface area (Å²) in [6.45, 7) is 0.676. The summed E-state index contributed by atoms with van der Waals surface area (Å²) in [5, 5.41) is 12.0. The lowest BCUT2D eigenvalue weighted by Crippen LogP contribution is -2.31. The standard InChI is InChI=1S/C18H22N2O4/c21-16-6-3-11-20(16)15-5-2-1-4-14(15)19-17(22)12-7-9-13(10-8-12)18(23)24/h1-2,4-5,12-13H,3,6-11H2,(H,19,22)(H,23,24). The Kier molecular flexibility index (Phi) is 4.83. The molecule has 2 fully saturated rings. The van der Waals surface area contributed by atoms with Gasteiger partial charge >= 0.3 is 5.97 Å². The van der Waals surface area contributed by atoms with Crippen molar-refractivity contribution in [1.29, 1.82) is 0 Å². The summed E-state index contributed by atoms with van der Waals surface area (Å²) in [5.74, 6) is -1.27. The molecule has 0 aromatic heterocycles. The Morgan fingerprint density at radius 3 is 2.38 bits per heavy atom. The Hall–Kier alpha value is -2.37. The predicted octanol–water partition coefficient (Wildman–Crippen LogP) is 2.64. The summed E-state index contributed by atoms with van der Waals surface area (Å²) >= 11 is 0. The van der Waals surface area contributed by atoms with Crippen LogP contribution in [0.4, 0.5) is 11.4 Å². The average Bonchev–Trinajstić information content (AvgIpc) is 3.01. The highest BCUT2D eigenvalue weighted by Gasteiger charge is 2.30. The lowest BCUT2D eigenvalue weighted by Gasteiger charge is -2.26. The van der Waals surface area contributed by atoms with E-state index in [4.69, 9.17) is 5.11 Å². The highest BCUT2D eigenvalue weighted by Crippen LogP contribution is 2.33. The number of carboxylic acid groups (broad SMARTS) is 1. The molecule has 0 radical (unpaired) electrons. The van der Waals surface area contributed by atoms with Gasteiger partial charge in [0.05, 0.1) is 17.3 Å². The molecule has 0 bridgehead atoms. The zero-order valence-corrected chi connectivity index (χ0v) is 13.5. The molecule has 2 amide bonds. The van der Waals surface area contributed by atoms with Gasteiger partial charge in [0.1, 0.15) is 0 Å². The van der Waals surface area contributed by atoms with Crippen LogP contribution in [-0.4, -0.2) is 29.4 Å². The first-order chi connectivity index (χ1) is 11.6. The fourth-order valence-electron chi connectivity index (χ4n) is 3.55. The molecule has 2 aliphatic rings. The van der Waals surface area contributed by atoms with Gasteiger partial charge in [-0.3, -0.25) is 14.4 Å². The van der Waals surface area contributed by atoms with Crippen LogP contribution >= 0.6 is 0 Å². The fraction of sp³-hybridized carbons (Fsp3) is 0.500. The van der Waals surface area contributed by atoms with Crippen LogP contribution in [0.3, 0.4) is 0 Å². The Bertz CT molecular complexity index is 650. The Morgan fingerprint density at radius 2 is 1.75 bits per heavy atom. The highest BCUT2D eigenvalue weighted by molar-refractivity contribution is 6.02. The van der Waals surface area contributed by atoms with Gasteiger partial charge in [0.2, 0.25) is 11.8 Å². The fourth-order valence-corrected chi connectivity index (χ4v) is 3.55. The number of anilines is 2. The van der Waals surface area contributed by atoms with Gasteiger partial charge in [-0.15, -0.1) is 0 Å². The molecule has 1 saturated carbocycles. The molecule has 0 atom stereocenters. The average molecular weight is 330 g/mol. The Morgan fingerprint density at radius 1 is 1.08 bits per heavy atom. The third-order valence-electron chi connectivity index (χ3n) is 4.97. The van der Waals surface area contributed by atoms with Crippen LogP contribution in [0.5, 0.6) is 0 Å². The molecular weight excluding hydrogens is 308 g/mol. The van der Waals surface area contributed by atoms with Crippen molar-refractivity contribution in [1.82, 2.24) is 0 Å². The van der Waals surface area contributed by atoms with Gasteiger partial charge in [-0.05, 0) is 44.2 Å². The summed E-state index contributed by atoms with van der Waals surface area (Å²) < 4.78 is 0. The van der Waals surface area contributed by atoms with Crippen LogP contribution in [0, 0.1) is 11.8 Å². The lowest BCUT2D eigenvalue weighted by atomic mass is 9.81. The highest BCUT2D eigenvalue weighted by atomic mass is 16.4. The van der Waals surface area contributed by atoms with E-state index in [0.29, 0.717) is 44.3 Å². The van der Waals surface area contributed by atoms with Gasteiger partial charge < -0.3 is 15.3 Å². The van der Waals surface area contributed by atoms with Gasteiger partial charge in [-0.1, -0.05) is 12.1 Å². The molecule has 3 rings (SSSR count). The van der Waals surface area contributed by atoms with E-state index >= 15 is 0 Å². The number of carbonyl (C=O) groups excluding carboxylic acids is 2. The second-order valence-corrected chi connectivity index (χ2v) is 6.54. The van der Waals surface area contributed by atoms with Crippen molar-refractivity contribution in [2.45, 2.75) is 38.5 Å². The molecule has 1 aromatic carbocycles. The molecule has 128 valence electrons. The van der Waals surface area contributed by atoms with Gasteiger partial charge in [-0.25, -0.2) is 0 Å². The van der Waals surface area contributed by atoms with Crippen LogP contribution in [0.1, 0.15) is 38.5 Å². The molecule has 1 aliphatic heterocycles. The van der Waals surface area contributed by atoms with Crippen molar-refractivity contribution in [2.75, 3.05) is 16.8 Å². The molecule has 6 nitrogen and oxygen atoms in total. The summed E-state index contributed by atoms with van der Waals surface area (Å²) in [6, 6.07) is 7.34. The monoisotopic (exact) mass is 330 g/mol. The number of aliphatic carboxylic acids is 1. The number of hydrogen-bond donors (Lipinski definition) is 2. The molecule has 1 saturated heterocycles. The van der Waals surface area contributed by atoms with Crippen molar-refractivity contribution >= 4 is 29.2 Å². The van der Waals surface area contributed by atoms with Crippen LogP contribution in [0.15, 0.2) is 24.3 Å². The van der Waals surface area contributed by atoms with E-state index in [9.17, 15) is 14.4 Å². The van der Waals surface area contributed by atoms with Gasteiger partial charge in [0.15, 0.2) is 0 Å². The van der Waals surface area contributed by atoms with Crippen molar-refractivity contribution < 1.29 is 19.5 Å². The maximum Gasteiger partial charge on any atom is 0.306 e. The molecule has 2 N–H and O–H groups in total. The van der Waals surface area contributed by atoms with Crippen LogP contribution in [0.25, 0.3) is 0 Å². The predicted molar refractivity (Wildman–Crippen MR) is 89.7 cm³/mol. The third-order valence-corrected chi connectivity index (χ3v) is 4.97. The summed E-state index contributed by atoms with van der Waals surface area (Å²) in [4.78, 5) is 37.2. The van der Waals surface area contributed by atoms with Crippen molar-refractivity contribution in [3.63, 3.8) is 0 Å². The van der Waals surface area contributed by atoms with E-state index < -0.39 is 5.97 Å². The first-order valence-corrected chi connectivity index (χ1v) is 8.49. The summed E-state index contributed by atoms with van der Waals surface area (Å²) in [7, 11) is 0. The first kappa shape index (κ1) is 16.5. The topological polar surface area (TPSA) is 86.7 Å². The molecule has 0 spiro atoms. The number of carboxylic acids is 1. The minimum Gasteiger partial charge on any atom is -0.481 e. The van der Waals surface area contributed by atoms with Crippen molar-refractivity contribution in [2.24, 2.45) is 11.8 Å². The minimum atomic E-state index is -0.772. The smallest absolute Gasteiger partial charge is 0.306 e. The van der Waals surface area contributed by atoms with E-state index in [-0.39, 0.29) is 23.7 Å². The Balaban J connectivity index is 1.67. The van der Waals surface area contributed by atoms with E-state index in [1.807, 2.05) is 24.3 Å². The van der Waals surface area contributed by atoms with E-state index in [1.54, 1.807) is 4.90 Å². The van der Waals surface area contributed by atoms with Gasteiger partial charge in [0, 0.05) is 18.9 Å². The van der Waals surface area contributed by atoms with Gasteiger partial charge in [-0.2, -0.15) is 0 Å². The lowest BCUT2D eigenvalue weighted by molar-refractivity contribution is -0.143. The maximum absolute atomic E-state index is 12.5. The molecule has 1 heterocycles. The number of hydrogen-bond acceptors (Lipinski definition) is 3. The van der Waals surface area contributed by atoms with Crippen LogP contribution in [-0.2, 0) is 14.4 Å². The number of rotatable bonds is 4. The van der Waals surface area contributed by atoms with Crippen LogP contribution in [0.2, 0.25) is 0 Å². The van der Waals surface area contributed by atoms with Crippen LogP contribution < -0.4 is 10.2 Å². The largest absolute Gasteiger partial charge is 0.481 e. The number of para-hydroxylation sites is 2. The second kappa shape index (κ2) is 7.03. The van der Waals surface area contributed by atoms with Crippen molar-refractivity contribution in [3.8, 4) is 0 Å².